The van der Waals surface area contributed by atoms with Gasteiger partial charge in [0.2, 0.25) is 0 Å². The molecule has 0 aliphatic rings. The number of halogens is 1. The fraction of sp³-hybridized carbons (Fsp3) is 0.500. The summed E-state index contributed by atoms with van der Waals surface area (Å²) in [5.74, 6) is 0. The fourth-order valence-corrected chi connectivity index (χ4v) is 2.02. The first-order chi connectivity index (χ1) is 7.11. The maximum atomic E-state index is 6.04. The topological polar surface area (TPSA) is 35.2 Å². The molecule has 0 saturated carbocycles. The van der Waals surface area contributed by atoms with Crippen LogP contribution in [-0.2, 0) is 11.2 Å². The van der Waals surface area contributed by atoms with Gasteiger partial charge in [-0.2, -0.15) is 0 Å². The van der Waals surface area contributed by atoms with Crippen LogP contribution in [0.25, 0.3) is 0 Å². The number of nitrogens with two attached hydrogens (primary N) is 1. The highest BCUT2D eigenvalue weighted by atomic mass is 79.9. The zero-order chi connectivity index (χ0) is 11.3. The molecule has 1 aromatic rings. The summed E-state index contributed by atoms with van der Waals surface area (Å²) in [5.41, 5.74) is 7.30. The molecular formula is C12H18BrNO. The van der Waals surface area contributed by atoms with Crippen molar-refractivity contribution in [2.45, 2.75) is 31.9 Å². The van der Waals surface area contributed by atoms with E-state index < -0.39 is 0 Å². The van der Waals surface area contributed by atoms with E-state index in [1.165, 1.54) is 5.56 Å². The van der Waals surface area contributed by atoms with Crippen LogP contribution in [0.4, 0.5) is 0 Å². The van der Waals surface area contributed by atoms with Gasteiger partial charge in [-0.15, -0.1) is 0 Å². The van der Waals surface area contributed by atoms with Crippen LogP contribution in [0.1, 0.15) is 18.9 Å². The lowest BCUT2D eigenvalue weighted by molar-refractivity contribution is 0.104. The highest BCUT2D eigenvalue weighted by molar-refractivity contribution is 9.10. The highest BCUT2D eigenvalue weighted by Crippen LogP contribution is 2.14. The minimum Gasteiger partial charge on any atom is -0.382 e. The van der Waals surface area contributed by atoms with Crippen LogP contribution < -0.4 is 5.73 Å². The van der Waals surface area contributed by atoms with E-state index >= 15 is 0 Å². The quantitative estimate of drug-likeness (QED) is 0.894. The van der Waals surface area contributed by atoms with E-state index in [0.717, 1.165) is 17.3 Å². The summed E-state index contributed by atoms with van der Waals surface area (Å²) in [6.07, 6.45) is 2.02. The van der Waals surface area contributed by atoms with Gasteiger partial charge in [-0.05, 0) is 37.5 Å². The van der Waals surface area contributed by atoms with Crippen molar-refractivity contribution in [3.63, 3.8) is 0 Å². The molecule has 2 N–H and O–H groups in total. The number of ether oxygens (including phenoxy) is 1. The Morgan fingerprint density at radius 2 is 2.20 bits per heavy atom. The van der Waals surface area contributed by atoms with Gasteiger partial charge in [0, 0.05) is 17.6 Å². The molecule has 0 radical (unpaired) electrons. The average Bonchev–Trinajstić information content (AvgIpc) is 2.17. The predicted molar refractivity (Wildman–Crippen MR) is 66.9 cm³/mol. The molecule has 2 nitrogen and oxygen atoms in total. The van der Waals surface area contributed by atoms with Crippen molar-refractivity contribution in [2.75, 3.05) is 7.11 Å². The first kappa shape index (κ1) is 12.7. The second-order valence-corrected chi connectivity index (χ2v) is 4.79. The maximum Gasteiger partial charge on any atom is 0.0558 e. The lowest BCUT2D eigenvalue weighted by Gasteiger charge is -2.16. The van der Waals surface area contributed by atoms with Gasteiger partial charge in [0.15, 0.2) is 0 Å². The normalized spacial score (nSPS) is 14.9. The van der Waals surface area contributed by atoms with E-state index in [4.69, 9.17) is 10.5 Å². The number of hydrogen-bond acceptors (Lipinski definition) is 2. The summed E-state index contributed by atoms with van der Waals surface area (Å²) in [5, 5.41) is 0. The van der Waals surface area contributed by atoms with Crippen LogP contribution in [-0.4, -0.2) is 19.3 Å². The van der Waals surface area contributed by atoms with Crippen molar-refractivity contribution in [1.29, 1.82) is 0 Å². The summed E-state index contributed by atoms with van der Waals surface area (Å²) >= 11 is 3.45. The smallest absolute Gasteiger partial charge is 0.0558 e. The molecule has 15 heavy (non-hydrogen) atoms. The summed E-state index contributed by atoms with van der Waals surface area (Å²) in [6, 6.07) is 8.42. The van der Waals surface area contributed by atoms with Crippen LogP contribution in [0.2, 0.25) is 0 Å². The van der Waals surface area contributed by atoms with Gasteiger partial charge in [-0.3, -0.25) is 0 Å². The predicted octanol–water partition coefficient (Wildman–Crippen LogP) is 2.74. The lowest BCUT2D eigenvalue weighted by Crippen LogP contribution is -2.27. The third-order valence-electron chi connectivity index (χ3n) is 2.42. The molecule has 0 aliphatic carbocycles. The molecule has 0 aromatic heterocycles. The molecule has 0 saturated heterocycles. The van der Waals surface area contributed by atoms with Crippen molar-refractivity contribution >= 4 is 15.9 Å². The maximum absolute atomic E-state index is 6.04. The molecule has 84 valence electrons. The molecule has 0 heterocycles. The van der Waals surface area contributed by atoms with E-state index in [0.29, 0.717) is 0 Å². The van der Waals surface area contributed by atoms with E-state index in [1.807, 2.05) is 19.1 Å². The molecule has 0 aliphatic heterocycles. The molecule has 1 aromatic carbocycles. The molecule has 0 amide bonds. The van der Waals surface area contributed by atoms with Crippen LogP contribution in [0.15, 0.2) is 28.7 Å². The Balaban J connectivity index is 2.47. The summed E-state index contributed by atoms with van der Waals surface area (Å²) in [4.78, 5) is 0. The molecule has 0 spiro atoms. The van der Waals surface area contributed by atoms with Crippen LogP contribution in [0.5, 0.6) is 0 Å². The third kappa shape index (κ3) is 4.78. The van der Waals surface area contributed by atoms with Crippen LogP contribution in [0, 0.1) is 0 Å². The largest absolute Gasteiger partial charge is 0.382 e. The summed E-state index contributed by atoms with van der Waals surface area (Å²) in [6.45, 7) is 2.04. The summed E-state index contributed by atoms with van der Waals surface area (Å²) < 4.78 is 6.30. The number of hydrogen-bond donors (Lipinski definition) is 1. The van der Waals surface area contributed by atoms with Gasteiger partial charge >= 0.3 is 0 Å². The second-order valence-electron chi connectivity index (χ2n) is 3.88. The molecule has 2 unspecified atom stereocenters. The van der Waals surface area contributed by atoms with Gasteiger partial charge in [0.1, 0.15) is 0 Å². The Bertz CT molecular complexity index is 303. The Morgan fingerprint density at radius 3 is 2.80 bits per heavy atom. The van der Waals surface area contributed by atoms with Gasteiger partial charge in [0.25, 0.3) is 0 Å². The minimum absolute atomic E-state index is 0.161. The van der Waals surface area contributed by atoms with Crippen molar-refractivity contribution in [3.05, 3.63) is 34.3 Å². The van der Waals surface area contributed by atoms with Crippen molar-refractivity contribution in [3.8, 4) is 0 Å². The van der Waals surface area contributed by atoms with Crippen molar-refractivity contribution in [2.24, 2.45) is 5.73 Å². The Hall–Kier alpha value is -0.380. The average molecular weight is 272 g/mol. The first-order valence-electron chi connectivity index (χ1n) is 5.14. The van der Waals surface area contributed by atoms with Crippen molar-refractivity contribution in [1.82, 2.24) is 0 Å². The van der Waals surface area contributed by atoms with Gasteiger partial charge < -0.3 is 10.5 Å². The molecule has 0 fully saturated rings. The SMILES string of the molecule is COC(C)CC(N)Cc1cccc(Br)c1. The van der Waals surface area contributed by atoms with E-state index in [2.05, 4.69) is 28.1 Å². The summed E-state index contributed by atoms with van der Waals surface area (Å²) in [7, 11) is 1.72. The zero-order valence-corrected chi connectivity index (χ0v) is 10.8. The number of methoxy groups -OCH3 is 1. The molecule has 1 rings (SSSR count). The molecule has 0 bridgehead atoms. The fourth-order valence-electron chi connectivity index (χ4n) is 1.57. The Labute approximate surface area is 99.9 Å². The number of benzene rings is 1. The second kappa shape index (κ2) is 6.26. The third-order valence-corrected chi connectivity index (χ3v) is 2.92. The minimum atomic E-state index is 0.161. The standard InChI is InChI=1S/C12H18BrNO/c1-9(15-2)6-12(14)8-10-4-3-5-11(13)7-10/h3-5,7,9,12H,6,8,14H2,1-2H3. The van der Waals surface area contributed by atoms with Gasteiger partial charge in [0.05, 0.1) is 6.10 Å². The molecule has 3 heteroatoms. The Kier molecular flexibility index (Phi) is 5.29. The molecular weight excluding hydrogens is 254 g/mol. The highest BCUT2D eigenvalue weighted by Gasteiger charge is 2.09. The molecule has 2 atom stereocenters. The van der Waals surface area contributed by atoms with Gasteiger partial charge in [-0.1, -0.05) is 28.1 Å². The van der Waals surface area contributed by atoms with E-state index in [9.17, 15) is 0 Å². The van der Waals surface area contributed by atoms with E-state index in [-0.39, 0.29) is 12.1 Å². The van der Waals surface area contributed by atoms with Crippen LogP contribution in [0.3, 0.4) is 0 Å². The lowest BCUT2D eigenvalue weighted by atomic mass is 10.0. The van der Waals surface area contributed by atoms with Crippen LogP contribution >= 0.6 is 15.9 Å². The van der Waals surface area contributed by atoms with Crippen molar-refractivity contribution < 1.29 is 4.74 Å². The van der Waals surface area contributed by atoms with E-state index in [1.54, 1.807) is 7.11 Å². The zero-order valence-electron chi connectivity index (χ0n) is 9.24. The van der Waals surface area contributed by atoms with Gasteiger partial charge in [-0.25, -0.2) is 0 Å². The Morgan fingerprint density at radius 1 is 1.47 bits per heavy atom. The first-order valence-corrected chi connectivity index (χ1v) is 5.94. The number of rotatable bonds is 5. The monoisotopic (exact) mass is 271 g/mol.